The zero-order chi connectivity index (χ0) is 14.8. The van der Waals surface area contributed by atoms with Gasteiger partial charge in [0, 0.05) is 5.02 Å². The molecule has 0 saturated heterocycles. The lowest BCUT2D eigenvalue weighted by atomic mass is 10.2. The Balaban J connectivity index is 3.27. The second-order valence-corrected chi connectivity index (χ2v) is 5.82. The fourth-order valence-corrected chi connectivity index (χ4v) is 2.57. The molecule has 0 aliphatic rings. The summed E-state index contributed by atoms with van der Waals surface area (Å²) in [7, 11) is -4.54. The SMILES string of the molecule is CC(=O)CC(=O)Nc1c(C)cc(Cl)cc1S(=O)(=O)O. The van der Waals surface area contributed by atoms with E-state index in [9.17, 15) is 18.0 Å². The van der Waals surface area contributed by atoms with Crippen LogP contribution >= 0.6 is 11.6 Å². The second-order valence-electron chi connectivity index (χ2n) is 4.00. The number of carbonyl (C=O) groups excluding carboxylic acids is 2. The molecule has 1 aromatic rings. The maximum Gasteiger partial charge on any atom is 0.296 e. The van der Waals surface area contributed by atoms with Crippen LogP contribution in [-0.2, 0) is 19.7 Å². The van der Waals surface area contributed by atoms with Crippen molar-refractivity contribution in [3.05, 3.63) is 22.7 Å². The highest BCUT2D eigenvalue weighted by atomic mass is 35.5. The van der Waals surface area contributed by atoms with Crippen LogP contribution in [0.2, 0.25) is 5.02 Å². The number of nitrogens with one attached hydrogen (secondary N) is 1. The molecule has 0 fully saturated rings. The number of aryl methyl sites for hydroxylation is 1. The highest BCUT2D eigenvalue weighted by Crippen LogP contribution is 2.29. The van der Waals surface area contributed by atoms with Crippen molar-refractivity contribution in [1.82, 2.24) is 0 Å². The van der Waals surface area contributed by atoms with E-state index in [-0.39, 0.29) is 22.9 Å². The van der Waals surface area contributed by atoms with Gasteiger partial charge in [0.05, 0.1) is 12.1 Å². The second kappa shape index (κ2) is 5.68. The summed E-state index contributed by atoms with van der Waals surface area (Å²) >= 11 is 5.71. The van der Waals surface area contributed by atoms with Crippen molar-refractivity contribution in [3.8, 4) is 0 Å². The average Bonchev–Trinajstić information content (AvgIpc) is 2.18. The molecule has 2 N–H and O–H groups in total. The molecule has 1 amide bonds. The fourth-order valence-electron chi connectivity index (χ4n) is 1.49. The van der Waals surface area contributed by atoms with Gasteiger partial charge in [0.25, 0.3) is 10.1 Å². The van der Waals surface area contributed by atoms with Gasteiger partial charge in [0.2, 0.25) is 5.91 Å². The standard InChI is InChI=1S/C11H12ClNO5S/c1-6-3-8(12)5-9(19(16,17)18)11(6)13-10(15)4-7(2)14/h3,5H,4H2,1-2H3,(H,13,15)(H,16,17,18). The van der Waals surface area contributed by atoms with Crippen LogP contribution in [0.15, 0.2) is 17.0 Å². The van der Waals surface area contributed by atoms with Crippen LogP contribution in [0, 0.1) is 6.92 Å². The van der Waals surface area contributed by atoms with E-state index in [0.29, 0.717) is 5.56 Å². The smallest absolute Gasteiger partial charge is 0.296 e. The van der Waals surface area contributed by atoms with Crippen LogP contribution in [0.4, 0.5) is 5.69 Å². The molecule has 19 heavy (non-hydrogen) atoms. The summed E-state index contributed by atoms with van der Waals surface area (Å²) in [6, 6.07) is 2.45. The van der Waals surface area contributed by atoms with Crippen molar-refractivity contribution in [2.45, 2.75) is 25.2 Å². The van der Waals surface area contributed by atoms with E-state index < -0.39 is 20.9 Å². The van der Waals surface area contributed by atoms with Gasteiger partial charge in [0.1, 0.15) is 10.7 Å². The summed E-state index contributed by atoms with van der Waals surface area (Å²) in [5.74, 6) is -1.03. The molecule has 6 nitrogen and oxygen atoms in total. The molecule has 0 saturated carbocycles. The van der Waals surface area contributed by atoms with Gasteiger partial charge in [-0.25, -0.2) is 0 Å². The van der Waals surface area contributed by atoms with Gasteiger partial charge in [0.15, 0.2) is 0 Å². The Morgan fingerprint density at radius 2 is 1.95 bits per heavy atom. The third-order valence-corrected chi connectivity index (χ3v) is 3.31. The summed E-state index contributed by atoms with van der Waals surface area (Å²) in [4.78, 5) is 21.8. The quantitative estimate of drug-likeness (QED) is 0.652. The summed E-state index contributed by atoms with van der Waals surface area (Å²) in [5.41, 5.74) is 0.273. The molecule has 1 rings (SSSR count). The van der Waals surface area contributed by atoms with E-state index in [0.717, 1.165) is 6.07 Å². The van der Waals surface area contributed by atoms with Gasteiger partial charge < -0.3 is 5.32 Å². The maximum atomic E-state index is 11.5. The zero-order valence-corrected chi connectivity index (χ0v) is 11.8. The van der Waals surface area contributed by atoms with Crippen molar-refractivity contribution in [3.63, 3.8) is 0 Å². The summed E-state index contributed by atoms with van der Waals surface area (Å²) in [6.45, 7) is 2.75. The lowest BCUT2D eigenvalue weighted by molar-refractivity contribution is -0.124. The van der Waals surface area contributed by atoms with Gasteiger partial charge in [-0.2, -0.15) is 8.42 Å². The molecule has 0 heterocycles. The van der Waals surface area contributed by atoms with E-state index in [1.54, 1.807) is 0 Å². The van der Waals surface area contributed by atoms with Crippen LogP contribution in [0.25, 0.3) is 0 Å². The van der Waals surface area contributed by atoms with Crippen molar-refractivity contribution >= 4 is 39.1 Å². The van der Waals surface area contributed by atoms with Crippen LogP contribution in [0.1, 0.15) is 18.9 Å². The molecule has 1 aromatic carbocycles. The summed E-state index contributed by atoms with van der Waals surface area (Å²) in [6.07, 6.45) is -0.382. The van der Waals surface area contributed by atoms with E-state index >= 15 is 0 Å². The Labute approximate surface area is 115 Å². The Hall–Kier alpha value is -1.44. The molecule has 0 unspecified atom stereocenters. The molecule has 104 valence electrons. The van der Waals surface area contributed by atoms with Gasteiger partial charge in [-0.3, -0.25) is 14.1 Å². The number of benzene rings is 1. The molecular formula is C11H12ClNO5S. The van der Waals surface area contributed by atoms with Gasteiger partial charge in [-0.05, 0) is 31.5 Å². The highest BCUT2D eigenvalue weighted by Gasteiger charge is 2.20. The number of hydrogen-bond acceptors (Lipinski definition) is 4. The third kappa shape index (κ3) is 4.30. The molecule has 0 radical (unpaired) electrons. The Kier molecular flexibility index (Phi) is 4.67. The minimum atomic E-state index is -4.54. The predicted octanol–water partition coefficient (Wildman–Crippen LogP) is 1.81. The van der Waals surface area contributed by atoms with Gasteiger partial charge in [-0.15, -0.1) is 0 Å². The zero-order valence-electron chi connectivity index (χ0n) is 10.2. The maximum absolute atomic E-state index is 11.5. The first-order valence-electron chi connectivity index (χ1n) is 5.18. The Morgan fingerprint density at radius 1 is 1.37 bits per heavy atom. The molecule has 0 atom stereocenters. The number of hydrogen-bond donors (Lipinski definition) is 2. The Bertz CT molecular complexity index is 639. The lowest BCUT2D eigenvalue weighted by Crippen LogP contribution is -2.17. The summed E-state index contributed by atoms with van der Waals surface area (Å²) in [5, 5.41) is 2.39. The third-order valence-electron chi connectivity index (χ3n) is 2.22. The first-order valence-corrected chi connectivity index (χ1v) is 7.00. The number of amides is 1. The topological polar surface area (TPSA) is 101 Å². The number of anilines is 1. The molecular weight excluding hydrogens is 294 g/mol. The molecule has 0 bridgehead atoms. The number of ketones is 1. The van der Waals surface area contributed by atoms with Crippen LogP contribution in [0.5, 0.6) is 0 Å². The highest BCUT2D eigenvalue weighted by molar-refractivity contribution is 7.86. The van der Waals surface area contributed by atoms with Gasteiger partial charge in [-0.1, -0.05) is 11.6 Å². The van der Waals surface area contributed by atoms with Crippen LogP contribution in [-0.4, -0.2) is 24.7 Å². The van der Waals surface area contributed by atoms with Crippen molar-refractivity contribution < 1.29 is 22.6 Å². The monoisotopic (exact) mass is 305 g/mol. The number of rotatable bonds is 4. The molecule has 0 aromatic heterocycles. The number of carbonyl (C=O) groups is 2. The number of halogens is 1. The van der Waals surface area contributed by atoms with Crippen molar-refractivity contribution in [1.29, 1.82) is 0 Å². The van der Waals surface area contributed by atoms with Crippen molar-refractivity contribution in [2.75, 3.05) is 5.32 Å². The lowest BCUT2D eigenvalue weighted by Gasteiger charge is -2.12. The fraction of sp³-hybridized carbons (Fsp3) is 0.273. The van der Waals surface area contributed by atoms with Crippen LogP contribution < -0.4 is 5.32 Å². The van der Waals surface area contributed by atoms with E-state index in [1.165, 1.54) is 19.9 Å². The molecule has 0 aliphatic heterocycles. The first kappa shape index (κ1) is 15.6. The first-order chi connectivity index (χ1) is 8.61. The van der Waals surface area contributed by atoms with Crippen molar-refractivity contribution in [2.24, 2.45) is 0 Å². The molecule has 0 spiro atoms. The van der Waals surface area contributed by atoms with E-state index in [2.05, 4.69) is 5.32 Å². The minimum absolute atomic E-state index is 0.0850. The predicted molar refractivity (Wildman–Crippen MR) is 69.9 cm³/mol. The van der Waals surface area contributed by atoms with E-state index in [4.69, 9.17) is 16.2 Å². The normalized spacial score (nSPS) is 11.2. The molecule has 8 heteroatoms. The average molecular weight is 306 g/mol. The summed E-state index contributed by atoms with van der Waals surface area (Å²) < 4.78 is 31.6. The van der Waals surface area contributed by atoms with E-state index in [1.807, 2.05) is 0 Å². The Morgan fingerprint density at radius 3 is 2.42 bits per heavy atom. The van der Waals surface area contributed by atoms with Crippen LogP contribution in [0.3, 0.4) is 0 Å². The minimum Gasteiger partial charge on any atom is -0.324 e. The number of Topliss-reactive ketones (excluding diaryl/α,β-unsaturated/α-hetero) is 1. The largest absolute Gasteiger partial charge is 0.324 e. The molecule has 0 aliphatic carbocycles. The van der Waals surface area contributed by atoms with Gasteiger partial charge >= 0.3 is 0 Å².